The van der Waals surface area contributed by atoms with Crippen LogP contribution in [0.25, 0.3) is 0 Å². The molecule has 0 aromatic heterocycles. The average Bonchev–Trinajstić information content (AvgIpc) is 2.23. The van der Waals surface area contributed by atoms with Crippen molar-refractivity contribution in [2.24, 2.45) is 0 Å². The summed E-state index contributed by atoms with van der Waals surface area (Å²) >= 11 is 2.29. The lowest BCUT2D eigenvalue weighted by Gasteiger charge is -2.27. The van der Waals surface area contributed by atoms with E-state index in [1.165, 1.54) is 0 Å². The van der Waals surface area contributed by atoms with Crippen LogP contribution in [-0.4, -0.2) is 18.7 Å². The SMILES string of the molecule is CC[Si](CC)(CC)OC(=O)CCCI. The number of rotatable bonds is 7. The van der Waals surface area contributed by atoms with E-state index in [1.807, 2.05) is 0 Å². The fraction of sp³-hybridized carbons (Fsp3) is 0.900. The van der Waals surface area contributed by atoms with Crippen LogP contribution in [0.2, 0.25) is 18.1 Å². The van der Waals surface area contributed by atoms with Crippen LogP contribution in [0.15, 0.2) is 0 Å². The van der Waals surface area contributed by atoms with Crippen molar-refractivity contribution in [3.63, 3.8) is 0 Å². The molecule has 0 unspecified atom stereocenters. The van der Waals surface area contributed by atoms with Crippen LogP contribution in [-0.2, 0) is 9.22 Å². The summed E-state index contributed by atoms with van der Waals surface area (Å²) in [6.07, 6.45) is 1.54. The molecule has 0 aromatic rings. The van der Waals surface area contributed by atoms with Crippen molar-refractivity contribution in [2.75, 3.05) is 4.43 Å². The van der Waals surface area contributed by atoms with E-state index in [0.717, 1.165) is 29.0 Å². The summed E-state index contributed by atoms with van der Waals surface area (Å²) in [6, 6.07) is 3.15. The molecule has 0 rings (SSSR count). The molecule has 0 radical (unpaired) electrons. The maximum Gasteiger partial charge on any atom is 0.292 e. The summed E-state index contributed by atoms with van der Waals surface area (Å²) < 4.78 is 6.72. The van der Waals surface area contributed by atoms with Gasteiger partial charge in [-0.3, -0.25) is 4.79 Å². The van der Waals surface area contributed by atoms with E-state index in [9.17, 15) is 4.79 Å². The summed E-state index contributed by atoms with van der Waals surface area (Å²) in [5.74, 6) is 0.0267. The van der Waals surface area contributed by atoms with Gasteiger partial charge in [0.25, 0.3) is 14.3 Å². The molecule has 0 aromatic carbocycles. The summed E-state index contributed by atoms with van der Waals surface area (Å²) in [6.45, 7) is 6.43. The highest BCUT2D eigenvalue weighted by atomic mass is 127. The van der Waals surface area contributed by atoms with E-state index in [4.69, 9.17) is 4.43 Å². The fourth-order valence-electron chi connectivity index (χ4n) is 1.47. The van der Waals surface area contributed by atoms with Crippen LogP contribution in [0.4, 0.5) is 0 Å². The minimum atomic E-state index is -1.68. The molecule has 0 amide bonds. The maximum atomic E-state index is 11.5. The number of carbonyl (C=O) groups excluding carboxylic acids is 1. The molecule has 0 saturated carbocycles. The highest BCUT2D eigenvalue weighted by Crippen LogP contribution is 2.22. The minimum Gasteiger partial charge on any atom is -0.519 e. The first-order valence-electron chi connectivity index (χ1n) is 5.42. The monoisotopic (exact) mass is 328 g/mol. The van der Waals surface area contributed by atoms with Crippen molar-refractivity contribution < 1.29 is 9.22 Å². The molecule has 0 bridgehead atoms. The van der Waals surface area contributed by atoms with Gasteiger partial charge in [-0.15, -0.1) is 0 Å². The molecule has 84 valence electrons. The lowest BCUT2D eigenvalue weighted by Crippen LogP contribution is -2.38. The molecule has 0 aliphatic heterocycles. The third-order valence-electron chi connectivity index (χ3n) is 2.78. The maximum absolute atomic E-state index is 11.5. The Bertz CT molecular complexity index is 161. The van der Waals surface area contributed by atoms with Gasteiger partial charge in [0.2, 0.25) is 0 Å². The van der Waals surface area contributed by atoms with E-state index < -0.39 is 8.32 Å². The second-order valence-electron chi connectivity index (χ2n) is 3.51. The molecule has 0 fully saturated rings. The topological polar surface area (TPSA) is 26.3 Å². The van der Waals surface area contributed by atoms with Crippen LogP contribution in [0.5, 0.6) is 0 Å². The predicted octanol–water partition coefficient (Wildman–Crippen LogP) is 3.75. The molecule has 0 aliphatic carbocycles. The summed E-state index contributed by atoms with van der Waals surface area (Å²) in [5, 5.41) is 0. The lowest BCUT2D eigenvalue weighted by molar-refractivity contribution is -0.135. The van der Waals surface area contributed by atoms with Crippen LogP contribution in [0, 0.1) is 0 Å². The molecule has 14 heavy (non-hydrogen) atoms. The normalized spacial score (nSPS) is 11.4. The summed E-state index contributed by atoms with van der Waals surface area (Å²) in [5.41, 5.74) is 0. The van der Waals surface area contributed by atoms with Gasteiger partial charge in [0.15, 0.2) is 0 Å². The highest BCUT2D eigenvalue weighted by molar-refractivity contribution is 14.1. The van der Waals surface area contributed by atoms with Gasteiger partial charge in [0.05, 0.1) is 0 Å². The predicted molar refractivity (Wildman–Crippen MR) is 71.4 cm³/mol. The Labute approximate surface area is 102 Å². The Balaban J connectivity index is 4.08. The zero-order chi connectivity index (χ0) is 11.0. The number of hydrogen-bond donors (Lipinski definition) is 0. The Hall–Kier alpha value is 0.417. The van der Waals surface area contributed by atoms with Gasteiger partial charge in [0.1, 0.15) is 0 Å². The molecular formula is C10H21IO2Si. The molecule has 0 saturated heterocycles. The lowest BCUT2D eigenvalue weighted by atomic mass is 10.3. The van der Waals surface area contributed by atoms with E-state index in [1.54, 1.807) is 0 Å². The van der Waals surface area contributed by atoms with Crippen LogP contribution in [0.3, 0.4) is 0 Å². The molecule has 0 N–H and O–H groups in total. The molecule has 0 spiro atoms. The molecule has 0 atom stereocenters. The van der Waals surface area contributed by atoms with Gasteiger partial charge < -0.3 is 4.43 Å². The van der Waals surface area contributed by atoms with Crippen molar-refractivity contribution in [3.8, 4) is 0 Å². The second kappa shape index (κ2) is 7.68. The van der Waals surface area contributed by atoms with Gasteiger partial charge in [-0.25, -0.2) is 0 Å². The highest BCUT2D eigenvalue weighted by Gasteiger charge is 2.32. The second-order valence-corrected chi connectivity index (χ2v) is 9.28. The third-order valence-corrected chi connectivity index (χ3v) is 8.07. The van der Waals surface area contributed by atoms with Gasteiger partial charge in [-0.1, -0.05) is 43.4 Å². The average molecular weight is 328 g/mol. The number of alkyl halides is 1. The van der Waals surface area contributed by atoms with Gasteiger partial charge >= 0.3 is 0 Å². The van der Waals surface area contributed by atoms with Crippen LogP contribution in [0.1, 0.15) is 33.6 Å². The molecule has 0 heterocycles. The standard InChI is InChI=1S/C10H21IO2Si/c1-4-14(5-2,6-3)13-10(12)8-7-9-11/h4-9H2,1-3H3. The summed E-state index contributed by atoms with van der Waals surface area (Å²) in [7, 11) is -1.68. The molecule has 4 heteroatoms. The fourth-order valence-corrected chi connectivity index (χ4v) is 4.37. The van der Waals surface area contributed by atoms with E-state index in [-0.39, 0.29) is 5.97 Å². The Morgan fingerprint density at radius 3 is 2.07 bits per heavy atom. The smallest absolute Gasteiger partial charge is 0.292 e. The molecular weight excluding hydrogens is 307 g/mol. The van der Waals surface area contributed by atoms with Gasteiger partial charge in [-0.2, -0.15) is 0 Å². The summed E-state index contributed by atoms with van der Waals surface area (Å²) in [4.78, 5) is 11.5. The largest absolute Gasteiger partial charge is 0.519 e. The quantitative estimate of drug-likeness (QED) is 0.404. The van der Waals surface area contributed by atoms with Crippen LogP contribution >= 0.6 is 22.6 Å². The Morgan fingerprint density at radius 2 is 1.71 bits per heavy atom. The number of hydrogen-bond acceptors (Lipinski definition) is 2. The molecule has 2 nitrogen and oxygen atoms in total. The van der Waals surface area contributed by atoms with Crippen molar-refractivity contribution in [1.29, 1.82) is 0 Å². The van der Waals surface area contributed by atoms with Crippen molar-refractivity contribution in [3.05, 3.63) is 0 Å². The Kier molecular flexibility index (Phi) is 7.90. The Morgan fingerprint density at radius 1 is 1.21 bits per heavy atom. The van der Waals surface area contributed by atoms with E-state index in [2.05, 4.69) is 43.4 Å². The molecule has 0 aliphatic rings. The minimum absolute atomic E-state index is 0.0267. The van der Waals surface area contributed by atoms with Crippen molar-refractivity contribution >= 4 is 36.9 Å². The van der Waals surface area contributed by atoms with Crippen molar-refractivity contribution in [2.45, 2.75) is 51.7 Å². The number of halogens is 1. The van der Waals surface area contributed by atoms with Gasteiger partial charge in [-0.05, 0) is 24.6 Å². The first kappa shape index (κ1) is 14.4. The first-order chi connectivity index (χ1) is 6.64. The van der Waals surface area contributed by atoms with E-state index >= 15 is 0 Å². The zero-order valence-electron chi connectivity index (χ0n) is 9.44. The van der Waals surface area contributed by atoms with E-state index in [0.29, 0.717) is 6.42 Å². The number of carbonyl (C=O) groups is 1. The zero-order valence-corrected chi connectivity index (χ0v) is 12.6. The van der Waals surface area contributed by atoms with Crippen molar-refractivity contribution in [1.82, 2.24) is 0 Å². The third kappa shape index (κ3) is 4.77. The van der Waals surface area contributed by atoms with Gasteiger partial charge in [0, 0.05) is 10.8 Å². The first-order valence-corrected chi connectivity index (χ1v) is 9.47. The van der Waals surface area contributed by atoms with Crippen LogP contribution < -0.4 is 0 Å².